The first-order valence-corrected chi connectivity index (χ1v) is 6.30. The van der Waals surface area contributed by atoms with E-state index in [2.05, 4.69) is 10.6 Å². The van der Waals surface area contributed by atoms with Crippen molar-refractivity contribution in [1.82, 2.24) is 10.6 Å². The minimum Gasteiger partial charge on any atom is -0.494 e. The average Bonchev–Trinajstić information content (AvgIpc) is 2.35. The van der Waals surface area contributed by atoms with E-state index in [0.717, 1.165) is 5.56 Å². The second-order valence-electron chi connectivity index (χ2n) is 4.72. The van der Waals surface area contributed by atoms with E-state index in [1.807, 2.05) is 20.8 Å². The summed E-state index contributed by atoms with van der Waals surface area (Å²) in [7, 11) is 1.43. The van der Waals surface area contributed by atoms with Crippen molar-refractivity contribution in [2.24, 2.45) is 0 Å². The Bertz CT molecular complexity index is 435. The molecule has 1 rings (SSSR count). The van der Waals surface area contributed by atoms with Gasteiger partial charge >= 0.3 is 0 Å². The summed E-state index contributed by atoms with van der Waals surface area (Å²) in [6.45, 7) is 5.89. The lowest BCUT2D eigenvalue weighted by molar-refractivity contribution is -0.120. The fourth-order valence-corrected chi connectivity index (χ4v) is 1.69. The number of hydrogen-bond acceptors (Lipinski definition) is 3. The van der Waals surface area contributed by atoms with E-state index in [9.17, 15) is 9.18 Å². The van der Waals surface area contributed by atoms with Gasteiger partial charge in [-0.15, -0.1) is 0 Å². The third kappa shape index (κ3) is 4.87. The lowest BCUT2D eigenvalue weighted by atomic mass is 10.1. The first-order chi connectivity index (χ1) is 8.93. The van der Waals surface area contributed by atoms with Crippen LogP contribution in [-0.4, -0.2) is 25.6 Å². The van der Waals surface area contributed by atoms with Crippen molar-refractivity contribution in [1.29, 1.82) is 0 Å². The van der Waals surface area contributed by atoms with Crippen LogP contribution in [0.5, 0.6) is 5.75 Å². The van der Waals surface area contributed by atoms with Crippen LogP contribution in [0, 0.1) is 5.82 Å². The molecule has 106 valence electrons. The van der Waals surface area contributed by atoms with Crippen LogP contribution in [0.15, 0.2) is 18.2 Å². The Morgan fingerprint density at radius 1 is 1.37 bits per heavy atom. The van der Waals surface area contributed by atoms with Gasteiger partial charge in [-0.3, -0.25) is 4.79 Å². The highest BCUT2D eigenvalue weighted by Gasteiger charge is 2.11. The van der Waals surface area contributed by atoms with Gasteiger partial charge in [0.05, 0.1) is 13.7 Å². The quantitative estimate of drug-likeness (QED) is 0.829. The molecule has 5 heteroatoms. The fourth-order valence-electron chi connectivity index (χ4n) is 1.69. The van der Waals surface area contributed by atoms with Crippen LogP contribution in [0.4, 0.5) is 4.39 Å². The number of ether oxygens (including phenoxy) is 1. The molecule has 0 aliphatic heterocycles. The van der Waals surface area contributed by atoms with Gasteiger partial charge in [0.25, 0.3) is 0 Å². The molecule has 0 fully saturated rings. The lowest BCUT2D eigenvalue weighted by Gasteiger charge is -2.16. The topological polar surface area (TPSA) is 50.4 Å². The molecule has 0 aliphatic carbocycles. The predicted octanol–water partition coefficient (Wildman–Crippen LogP) is 2.01. The molecule has 1 amide bonds. The number of rotatable bonds is 6. The number of nitrogens with one attached hydrogen (secondary N) is 2. The summed E-state index contributed by atoms with van der Waals surface area (Å²) in [4.78, 5) is 11.5. The van der Waals surface area contributed by atoms with Gasteiger partial charge in [0.15, 0.2) is 11.6 Å². The molecule has 1 unspecified atom stereocenters. The number of halogens is 1. The largest absolute Gasteiger partial charge is 0.494 e. The summed E-state index contributed by atoms with van der Waals surface area (Å²) in [5, 5.41) is 5.83. The summed E-state index contributed by atoms with van der Waals surface area (Å²) < 4.78 is 18.4. The molecule has 1 aromatic rings. The van der Waals surface area contributed by atoms with Gasteiger partial charge in [0, 0.05) is 12.1 Å². The van der Waals surface area contributed by atoms with Gasteiger partial charge in [-0.05, 0) is 38.5 Å². The molecule has 0 bridgehead atoms. The zero-order valence-corrected chi connectivity index (χ0v) is 11.8. The summed E-state index contributed by atoms with van der Waals surface area (Å²) in [6, 6.07) is 4.77. The molecule has 1 aromatic carbocycles. The number of methoxy groups -OCH3 is 1. The van der Waals surface area contributed by atoms with Gasteiger partial charge < -0.3 is 15.4 Å². The second-order valence-corrected chi connectivity index (χ2v) is 4.72. The maximum absolute atomic E-state index is 13.5. The van der Waals surface area contributed by atoms with Crippen LogP contribution in [0.3, 0.4) is 0 Å². The standard InChI is InChI=1S/C14H21FN2O2/c1-9(2)17-14(18)8-16-10(3)11-5-6-13(19-4)12(15)7-11/h5-7,9-10,16H,8H2,1-4H3,(H,17,18). The Kier molecular flexibility index (Phi) is 5.76. The van der Waals surface area contributed by atoms with Crippen molar-refractivity contribution in [2.45, 2.75) is 32.9 Å². The van der Waals surface area contributed by atoms with Crippen molar-refractivity contribution >= 4 is 5.91 Å². The van der Waals surface area contributed by atoms with E-state index < -0.39 is 5.82 Å². The first kappa shape index (κ1) is 15.4. The van der Waals surface area contributed by atoms with Crippen molar-refractivity contribution in [3.8, 4) is 5.75 Å². The zero-order valence-electron chi connectivity index (χ0n) is 11.8. The Hall–Kier alpha value is -1.62. The van der Waals surface area contributed by atoms with E-state index >= 15 is 0 Å². The van der Waals surface area contributed by atoms with Gasteiger partial charge in [-0.25, -0.2) is 4.39 Å². The Balaban J connectivity index is 2.56. The van der Waals surface area contributed by atoms with Gasteiger partial charge in [-0.1, -0.05) is 6.07 Å². The van der Waals surface area contributed by atoms with Crippen LogP contribution >= 0.6 is 0 Å². The average molecular weight is 268 g/mol. The van der Waals surface area contributed by atoms with E-state index in [4.69, 9.17) is 4.74 Å². The molecule has 0 heterocycles. The predicted molar refractivity (Wildman–Crippen MR) is 72.6 cm³/mol. The highest BCUT2D eigenvalue weighted by molar-refractivity contribution is 5.78. The van der Waals surface area contributed by atoms with Gasteiger partial charge in [-0.2, -0.15) is 0 Å². The van der Waals surface area contributed by atoms with Crippen LogP contribution in [0.2, 0.25) is 0 Å². The number of amides is 1. The number of benzene rings is 1. The molecule has 4 nitrogen and oxygen atoms in total. The van der Waals surface area contributed by atoms with Gasteiger partial charge in [0.2, 0.25) is 5.91 Å². The molecule has 2 N–H and O–H groups in total. The van der Waals surface area contributed by atoms with Crippen molar-refractivity contribution in [3.63, 3.8) is 0 Å². The molecule has 1 atom stereocenters. The van der Waals surface area contributed by atoms with Crippen LogP contribution in [0.25, 0.3) is 0 Å². The lowest BCUT2D eigenvalue weighted by Crippen LogP contribution is -2.38. The number of carbonyl (C=O) groups is 1. The van der Waals surface area contributed by atoms with E-state index in [0.29, 0.717) is 0 Å². The van der Waals surface area contributed by atoms with E-state index in [-0.39, 0.29) is 30.3 Å². The molecule has 0 radical (unpaired) electrons. The van der Waals surface area contributed by atoms with Crippen molar-refractivity contribution in [3.05, 3.63) is 29.6 Å². The molecular formula is C14H21FN2O2. The number of hydrogen-bond donors (Lipinski definition) is 2. The summed E-state index contributed by atoms with van der Waals surface area (Å²) >= 11 is 0. The Morgan fingerprint density at radius 2 is 2.05 bits per heavy atom. The van der Waals surface area contributed by atoms with Gasteiger partial charge in [0.1, 0.15) is 0 Å². The third-order valence-corrected chi connectivity index (χ3v) is 2.69. The molecule has 0 aromatic heterocycles. The molecule has 0 saturated carbocycles. The maximum atomic E-state index is 13.5. The minimum absolute atomic E-state index is 0.0733. The van der Waals surface area contributed by atoms with E-state index in [1.165, 1.54) is 13.2 Å². The first-order valence-electron chi connectivity index (χ1n) is 6.30. The zero-order chi connectivity index (χ0) is 14.4. The normalized spacial score (nSPS) is 12.3. The molecule has 0 saturated heterocycles. The molecule has 0 aliphatic rings. The summed E-state index contributed by atoms with van der Waals surface area (Å²) in [6.07, 6.45) is 0. The third-order valence-electron chi connectivity index (χ3n) is 2.69. The smallest absolute Gasteiger partial charge is 0.234 e. The number of carbonyl (C=O) groups excluding carboxylic acids is 1. The van der Waals surface area contributed by atoms with Crippen LogP contribution < -0.4 is 15.4 Å². The van der Waals surface area contributed by atoms with Crippen LogP contribution in [-0.2, 0) is 4.79 Å². The maximum Gasteiger partial charge on any atom is 0.234 e. The highest BCUT2D eigenvalue weighted by atomic mass is 19.1. The second kappa shape index (κ2) is 7.09. The molecule has 19 heavy (non-hydrogen) atoms. The van der Waals surface area contributed by atoms with Crippen molar-refractivity contribution < 1.29 is 13.9 Å². The SMILES string of the molecule is COc1ccc(C(C)NCC(=O)NC(C)C)cc1F. The Labute approximate surface area is 113 Å². The van der Waals surface area contributed by atoms with E-state index in [1.54, 1.807) is 12.1 Å². The molecular weight excluding hydrogens is 247 g/mol. The summed E-state index contributed by atoms with van der Waals surface area (Å²) in [5.41, 5.74) is 0.774. The molecule has 0 spiro atoms. The summed E-state index contributed by atoms with van der Waals surface area (Å²) in [5.74, 6) is -0.260. The minimum atomic E-state index is -0.403. The van der Waals surface area contributed by atoms with Crippen LogP contribution in [0.1, 0.15) is 32.4 Å². The fraction of sp³-hybridized carbons (Fsp3) is 0.500. The monoisotopic (exact) mass is 268 g/mol. The van der Waals surface area contributed by atoms with Crippen molar-refractivity contribution in [2.75, 3.05) is 13.7 Å². The Morgan fingerprint density at radius 3 is 2.58 bits per heavy atom. The highest BCUT2D eigenvalue weighted by Crippen LogP contribution is 2.21.